The fourth-order valence-corrected chi connectivity index (χ4v) is 3.26. The van der Waals surface area contributed by atoms with E-state index in [0.29, 0.717) is 6.61 Å². The molecule has 0 aromatic heterocycles. The summed E-state index contributed by atoms with van der Waals surface area (Å²) in [6.45, 7) is 2.60. The number of rotatable bonds is 15. The van der Waals surface area contributed by atoms with E-state index in [9.17, 15) is 10.2 Å². The third-order valence-corrected chi connectivity index (χ3v) is 4.97. The Kier molecular flexibility index (Phi) is 14.1. The lowest BCUT2D eigenvalue weighted by Crippen LogP contribution is -2.55. The molecule has 1 aliphatic heterocycles. The van der Waals surface area contributed by atoms with E-state index in [0.717, 1.165) is 12.8 Å². The molecule has 0 aromatic rings. The third-order valence-electron chi connectivity index (χ3n) is 4.97. The van der Waals surface area contributed by atoms with Gasteiger partial charge in [-0.25, -0.2) is 0 Å². The molecule has 26 heavy (non-hydrogen) atoms. The molecule has 1 heterocycles. The first-order chi connectivity index (χ1) is 12.7. The van der Waals surface area contributed by atoms with Crippen LogP contribution in [0.3, 0.4) is 0 Å². The van der Waals surface area contributed by atoms with Gasteiger partial charge in [0.25, 0.3) is 0 Å². The number of aliphatic hydroxyl groups excluding tert-OH is 3. The van der Waals surface area contributed by atoms with Gasteiger partial charge in [0, 0.05) is 6.61 Å². The molecule has 0 unspecified atom stereocenters. The van der Waals surface area contributed by atoms with Crippen molar-refractivity contribution in [2.75, 3.05) is 19.8 Å². The van der Waals surface area contributed by atoms with Gasteiger partial charge in [0.15, 0.2) is 0 Å². The maximum absolute atomic E-state index is 10.0. The van der Waals surface area contributed by atoms with E-state index in [4.69, 9.17) is 14.6 Å². The fourth-order valence-electron chi connectivity index (χ4n) is 3.26. The van der Waals surface area contributed by atoms with Gasteiger partial charge in [0.05, 0.1) is 13.2 Å². The first kappa shape index (κ1) is 23.6. The minimum atomic E-state index is -0.973. The van der Waals surface area contributed by atoms with E-state index in [1.54, 1.807) is 0 Å². The van der Waals surface area contributed by atoms with Crippen LogP contribution in [0.1, 0.15) is 77.6 Å². The minimum Gasteiger partial charge on any atom is -0.394 e. The van der Waals surface area contributed by atoms with Crippen LogP contribution in [0.25, 0.3) is 0 Å². The molecule has 5 heteroatoms. The number of hydrogen-bond donors (Lipinski definition) is 3. The highest BCUT2D eigenvalue weighted by Gasteiger charge is 2.38. The highest BCUT2D eigenvalue weighted by atomic mass is 16.6. The Hall–Kier alpha value is -0.460. The van der Waals surface area contributed by atoms with Crippen molar-refractivity contribution in [1.82, 2.24) is 0 Å². The van der Waals surface area contributed by atoms with E-state index >= 15 is 0 Å². The molecule has 3 N–H and O–H groups in total. The van der Waals surface area contributed by atoms with E-state index in [2.05, 4.69) is 19.1 Å². The topological polar surface area (TPSA) is 79.2 Å². The number of allylic oxidation sites excluding steroid dienone is 2. The second kappa shape index (κ2) is 15.6. The number of ether oxygens (including phenoxy) is 2. The summed E-state index contributed by atoms with van der Waals surface area (Å²) in [5.74, 6) is 0. The lowest BCUT2D eigenvalue weighted by atomic mass is 10.0. The molecule has 1 fully saturated rings. The van der Waals surface area contributed by atoms with Gasteiger partial charge in [-0.1, -0.05) is 57.6 Å². The molecule has 4 atom stereocenters. The van der Waals surface area contributed by atoms with E-state index < -0.39 is 24.4 Å². The van der Waals surface area contributed by atoms with Crippen molar-refractivity contribution >= 4 is 0 Å². The molecule has 0 saturated carbocycles. The van der Waals surface area contributed by atoms with Crippen molar-refractivity contribution < 1.29 is 24.8 Å². The highest BCUT2D eigenvalue weighted by molar-refractivity contribution is 4.87. The molecule has 154 valence electrons. The molecule has 0 bridgehead atoms. The zero-order chi connectivity index (χ0) is 19.0. The maximum atomic E-state index is 10.0. The van der Waals surface area contributed by atoms with Crippen LogP contribution in [0.5, 0.6) is 0 Å². The molecule has 5 nitrogen and oxygen atoms in total. The molecule has 0 spiro atoms. The van der Waals surface area contributed by atoms with Gasteiger partial charge in [-0.05, 0) is 32.1 Å². The van der Waals surface area contributed by atoms with Gasteiger partial charge >= 0.3 is 0 Å². The molecular weight excluding hydrogens is 332 g/mol. The minimum absolute atomic E-state index is 0.0972. The summed E-state index contributed by atoms with van der Waals surface area (Å²) in [6.07, 6.45) is 14.9. The summed E-state index contributed by atoms with van der Waals surface area (Å²) in [4.78, 5) is 0. The Balaban J connectivity index is 1.93. The van der Waals surface area contributed by atoms with Crippen LogP contribution in [0.2, 0.25) is 0 Å². The Bertz CT molecular complexity index is 347. The Morgan fingerprint density at radius 1 is 0.923 bits per heavy atom. The summed E-state index contributed by atoms with van der Waals surface area (Å²) in [6, 6.07) is 0. The predicted octanol–water partition coefficient (Wildman–Crippen LogP) is 3.35. The van der Waals surface area contributed by atoms with Gasteiger partial charge < -0.3 is 24.8 Å². The zero-order valence-corrected chi connectivity index (χ0v) is 16.5. The normalized spacial score (nSPS) is 26.6. The number of unbranched alkanes of at least 4 members (excludes halogenated alkanes) is 9. The molecular formula is C21H40O5. The monoisotopic (exact) mass is 372 g/mol. The first-order valence-electron chi connectivity index (χ1n) is 10.6. The summed E-state index contributed by atoms with van der Waals surface area (Å²) in [5.41, 5.74) is 0. The lowest BCUT2D eigenvalue weighted by molar-refractivity contribution is -0.210. The highest BCUT2D eigenvalue weighted by Crippen LogP contribution is 2.19. The molecule has 0 aromatic carbocycles. The van der Waals surface area contributed by atoms with Crippen LogP contribution in [-0.4, -0.2) is 59.6 Å². The quantitative estimate of drug-likeness (QED) is 0.303. The van der Waals surface area contributed by atoms with Gasteiger partial charge in [-0.2, -0.15) is 0 Å². The van der Waals surface area contributed by atoms with E-state index in [1.165, 1.54) is 57.8 Å². The third kappa shape index (κ3) is 10.0. The Morgan fingerprint density at radius 2 is 1.54 bits per heavy atom. The predicted molar refractivity (Wildman–Crippen MR) is 104 cm³/mol. The van der Waals surface area contributed by atoms with Crippen molar-refractivity contribution in [3.63, 3.8) is 0 Å². The molecule has 0 aliphatic carbocycles. The lowest BCUT2D eigenvalue weighted by Gasteiger charge is -2.37. The molecule has 1 saturated heterocycles. The van der Waals surface area contributed by atoms with Crippen LogP contribution in [0, 0.1) is 0 Å². The van der Waals surface area contributed by atoms with Gasteiger partial charge in [-0.15, -0.1) is 0 Å². The van der Waals surface area contributed by atoms with E-state index in [-0.39, 0.29) is 13.2 Å². The average Bonchev–Trinajstić information content (AvgIpc) is 2.64. The second-order valence-corrected chi connectivity index (χ2v) is 7.32. The summed E-state index contributed by atoms with van der Waals surface area (Å²) < 4.78 is 10.8. The van der Waals surface area contributed by atoms with Crippen molar-refractivity contribution in [1.29, 1.82) is 0 Å². The molecule has 1 rings (SSSR count). The Morgan fingerprint density at radius 3 is 2.19 bits per heavy atom. The van der Waals surface area contributed by atoms with Crippen LogP contribution in [-0.2, 0) is 9.47 Å². The number of aliphatic hydroxyl groups is 3. The van der Waals surface area contributed by atoms with Gasteiger partial charge in [0.1, 0.15) is 24.4 Å². The van der Waals surface area contributed by atoms with Crippen LogP contribution in [0.4, 0.5) is 0 Å². The summed E-state index contributed by atoms with van der Waals surface area (Å²) in [5, 5.41) is 29.0. The fraction of sp³-hybridized carbons (Fsp3) is 0.905. The van der Waals surface area contributed by atoms with Crippen molar-refractivity contribution in [3.05, 3.63) is 12.2 Å². The molecule has 0 radical (unpaired) electrons. The standard InChI is InChI=1S/C21H40O5/c1-2-3-4-5-6-7-8-9-10-11-12-13-14-15-25-21-18(23)17-26-19(16-22)20(21)24/h6-7,18-24H,2-5,8-17H2,1H3/b7-6+/t18-,19+,20+,21+/m0/s1. The number of hydrogen-bond acceptors (Lipinski definition) is 5. The smallest absolute Gasteiger partial charge is 0.114 e. The van der Waals surface area contributed by atoms with Gasteiger partial charge in [-0.3, -0.25) is 0 Å². The van der Waals surface area contributed by atoms with Crippen LogP contribution < -0.4 is 0 Å². The van der Waals surface area contributed by atoms with Crippen LogP contribution >= 0.6 is 0 Å². The largest absolute Gasteiger partial charge is 0.394 e. The summed E-state index contributed by atoms with van der Waals surface area (Å²) >= 11 is 0. The average molecular weight is 373 g/mol. The van der Waals surface area contributed by atoms with Gasteiger partial charge in [0.2, 0.25) is 0 Å². The zero-order valence-electron chi connectivity index (χ0n) is 16.5. The second-order valence-electron chi connectivity index (χ2n) is 7.32. The Labute approximate surface area is 159 Å². The SMILES string of the molecule is CCCCC/C=C/CCCCCCCCO[C@H]1[C@H](O)[C@@H](CO)OC[C@@H]1O. The van der Waals surface area contributed by atoms with Crippen molar-refractivity contribution in [2.24, 2.45) is 0 Å². The summed E-state index contributed by atoms with van der Waals surface area (Å²) in [7, 11) is 0. The maximum Gasteiger partial charge on any atom is 0.114 e. The molecule has 0 amide bonds. The van der Waals surface area contributed by atoms with Crippen molar-refractivity contribution in [2.45, 2.75) is 102 Å². The molecule has 1 aliphatic rings. The first-order valence-corrected chi connectivity index (χ1v) is 10.6. The van der Waals surface area contributed by atoms with E-state index in [1.807, 2.05) is 0 Å². The van der Waals surface area contributed by atoms with Crippen molar-refractivity contribution in [3.8, 4) is 0 Å². The van der Waals surface area contributed by atoms with Crippen LogP contribution in [0.15, 0.2) is 12.2 Å².